The van der Waals surface area contributed by atoms with Gasteiger partial charge in [-0.25, -0.2) is 9.59 Å². The second-order valence-corrected chi connectivity index (χ2v) is 4.30. The summed E-state index contributed by atoms with van der Waals surface area (Å²) in [5.74, 6) is -1.72. The van der Waals surface area contributed by atoms with Crippen LogP contribution in [0.5, 0.6) is 11.5 Å². The number of aromatic hydroxyl groups is 1. The van der Waals surface area contributed by atoms with Crippen molar-refractivity contribution in [2.75, 3.05) is 5.32 Å². The number of carbonyl (C=O) groups excluding carboxylic acids is 1. The molecule has 0 atom stereocenters. The standard InChI is InChI=1S/C14H10N2O7/c17-12-6-1-8(7-11(12)13(18)19)15-14(20)23-10-4-2-9(3-5-10)16(21)22/h1-7,17H,(H,15,20)(H,18,19). The first-order chi connectivity index (χ1) is 10.9. The highest BCUT2D eigenvalue weighted by atomic mass is 16.6. The first kappa shape index (κ1) is 15.8. The molecule has 9 heteroatoms. The molecule has 0 aliphatic heterocycles. The van der Waals surface area contributed by atoms with Gasteiger partial charge in [0.25, 0.3) is 5.69 Å². The molecule has 0 saturated heterocycles. The first-order valence-corrected chi connectivity index (χ1v) is 6.16. The number of benzene rings is 2. The molecule has 1 amide bonds. The van der Waals surface area contributed by atoms with Crippen LogP contribution in [0.2, 0.25) is 0 Å². The van der Waals surface area contributed by atoms with Gasteiger partial charge in [-0.05, 0) is 30.3 Å². The van der Waals surface area contributed by atoms with E-state index in [-0.39, 0.29) is 22.7 Å². The number of aromatic carboxylic acids is 1. The summed E-state index contributed by atoms with van der Waals surface area (Å²) in [7, 11) is 0. The fourth-order valence-corrected chi connectivity index (χ4v) is 1.67. The number of carboxylic acid groups (broad SMARTS) is 1. The lowest BCUT2D eigenvalue weighted by molar-refractivity contribution is -0.384. The quantitative estimate of drug-likeness (QED) is 0.447. The average Bonchev–Trinajstić information content (AvgIpc) is 2.49. The number of rotatable bonds is 4. The highest BCUT2D eigenvalue weighted by Gasteiger charge is 2.13. The average molecular weight is 318 g/mol. The third-order valence-electron chi connectivity index (χ3n) is 2.73. The Kier molecular flexibility index (Phi) is 4.41. The number of nitro groups is 1. The molecule has 23 heavy (non-hydrogen) atoms. The van der Waals surface area contributed by atoms with Crippen LogP contribution < -0.4 is 10.1 Å². The van der Waals surface area contributed by atoms with Gasteiger partial charge >= 0.3 is 12.1 Å². The van der Waals surface area contributed by atoms with Gasteiger partial charge < -0.3 is 14.9 Å². The van der Waals surface area contributed by atoms with Crippen molar-refractivity contribution in [3.8, 4) is 11.5 Å². The van der Waals surface area contributed by atoms with Gasteiger partial charge in [-0.15, -0.1) is 0 Å². The fraction of sp³-hybridized carbons (Fsp3) is 0. The maximum atomic E-state index is 11.7. The molecule has 0 bridgehead atoms. The monoisotopic (exact) mass is 318 g/mol. The lowest BCUT2D eigenvalue weighted by Crippen LogP contribution is -2.17. The van der Waals surface area contributed by atoms with Crippen molar-refractivity contribution in [2.45, 2.75) is 0 Å². The van der Waals surface area contributed by atoms with E-state index in [1.54, 1.807) is 0 Å². The number of carbonyl (C=O) groups is 2. The van der Waals surface area contributed by atoms with Crippen LogP contribution in [0.3, 0.4) is 0 Å². The van der Waals surface area contributed by atoms with E-state index in [1.165, 1.54) is 30.3 Å². The second-order valence-electron chi connectivity index (χ2n) is 4.30. The van der Waals surface area contributed by atoms with E-state index in [1.807, 2.05) is 0 Å². The van der Waals surface area contributed by atoms with Crippen molar-refractivity contribution < 1.29 is 29.5 Å². The third kappa shape index (κ3) is 3.94. The number of hydrogen-bond acceptors (Lipinski definition) is 6. The first-order valence-electron chi connectivity index (χ1n) is 6.16. The van der Waals surface area contributed by atoms with Crippen molar-refractivity contribution in [3.05, 3.63) is 58.1 Å². The van der Waals surface area contributed by atoms with E-state index in [4.69, 9.17) is 9.84 Å². The summed E-state index contributed by atoms with van der Waals surface area (Å²) in [6.07, 6.45) is -0.916. The zero-order chi connectivity index (χ0) is 17.0. The normalized spacial score (nSPS) is 9.91. The molecule has 0 aromatic heterocycles. The highest BCUT2D eigenvalue weighted by Crippen LogP contribution is 2.22. The van der Waals surface area contributed by atoms with Crippen LogP contribution in [0, 0.1) is 10.1 Å². The van der Waals surface area contributed by atoms with Gasteiger partial charge in [0.1, 0.15) is 17.1 Å². The van der Waals surface area contributed by atoms with Crippen molar-refractivity contribution in [2.24, 2.45) is 0 Å². The molecule has 0 radical (unpaired) electrons. The number of phenols is 1. The van der Waals surface area contributed by atoms with Crippen molar-refractivity contribution in [1.29, 1.82) is 0 Å². The minimum absolute atomic E-state index is 0.0744. The summed E-state index contributed by atoms with van der Waals surface area (Å²) in [5.41, 5.74) is -0.423. The van der Waals surface area contributed by atoms with Crippen LogP contribution in [0.4, 0.5) is 16.2 Å². The maximum Gasteiger partial charge on any atom is 0.417 e. The van der Waals surface area contributed by atoms with Crippen LogP contribution in [0.1, 0.15) is 10.4 Å². The number of nitrogens with zero attached hydrogens (tertiary/aromatic N) is 1. The van der Waals surface area contributed by atoms with Gasteiger partial charge in [-0.1, -0.05) is 0 Å². The molecule has 0 aliphatic rings. The Morgan fingerprint density at radius 3 is 2.35 bits per heavy atom. The Morgan fingerprint density at radius 1 is 1.13 bits per heavy atom. The number of anilines is 1. The van der Waals surface area contributed by atoms with Crippen molar-refractivity contribution >= 4 is 23.4 Å². The van der Waals surface area contributed by atoms with Crippen LogP contribution in [0.25, 0.3) is 0 Å². The van der Waals surface area contributed by atoms with Gasteiger partial charge in [-0.2, -0.15) is 0 Å². The zero-order valence-electron chi connectivity index (χ0n) is 11.4. The zero-order valence-corrected chi connectivity index (χ0v) is 11.4. The van der Waals surface area contributed by atoms with Crippen molar-refractivity contribution in [3.63, 3.8) is 0 Å². The Labute approximate surface area is 128 Å². The van der Waals surface area contributed by atoms with Crippen molar-refractivity contribution in [1.82, 2.24) is 0 Å². The van der Waals surface area contributed by atoms with E-state index in [2.05, 4.69) is 5.32 Å². The van der Waals surface area contributed by atoms with E-state index < -0.39 is 22.7 Å². The number of nitrogens with one attached hydrogen (secondary N) is 1. The molecular formula is C14H10N2O7. The number of nitro benzene ring substituents is 1. The summed E-state index contributed by atoms with van der Waals surface area (Å²) >= 11 is 0. The number of non-ortho nitro benzene ring substituents is 1. The molecule has 2 aromatic rings. The molecule has 2 rings (SSSR count). The summed E-state index contributed by atoms with van der Waals surface area (Å²) in [5, 5.41) is 31.0. The number of ether oxygens (including phenoxy) is 1. The molecule has 118 valence electrons. The van der Waals surface area contributed by atoms with E-state index in [9.17, 15) is 24.8 Å². The summed E-state index contributed by atoms with van der Waals surface area (Å²) in [6, 6.07) is 8.31. The number of hydrogen-bond donors (Lipinski definition) is 3. The van der Waals surface area contributed by atoms with Crippen LogP contribution in [-0.4, -0.2) is 27.2 Å². The van der Waals surface area contributed by atoms with E-state index in [0.29, 0.717) is 0 Å². The van der Waals surface area contributed by atoms with E-state index in [0.717, 1.165) is 12.1 Å². The van der Waals surface area contributed by atoms with Gasteiger partial charge in [0, 0.05) is 17.8 Å². The SMILES string of the molecule is O=C(Nc1ccc(O)c(C(=O)O)c1)Oc1ccc([N+](=O)[O-])cc1. The Morgan fingerprint density at radius 2 is 1.78 bits per heavy atom. The summed E-state index contributed by atoms with van der Waals surface area (Å²) < 4.78 is 4.90. The molecule has 2 aromatic carbocycles. The lowest BCUT2D eigenvalue weighted by atomic mass is 10.2. The third-order valence-corrected chi connectivity index (χ3v) is 2.73. The van der Waals surface area contributed by atoms with Crippen LogP contribution in [-0.2, 0) is 0 Å². The summed E-state index contributed by atoms with van der Waals surface area (Å²) in [4.78, 5) is 32.5. The van der Waals surface area contributed by atoms with Crippen LogP contribution in [0.15, 0.2) is 42.5 Å². The molecule has 0 heterocycles. The highest BCUT2D eigenvalue weighted by molar-refractivity contribution is 5.94. The van der Waals surface area contributed by atoms with Gasteiger partial charge in [-0.3, -0.25) is 15.4 Å². The topological polar surface area (TPSA) is 139 Å². The predicted octanol–water partition coefficient (Wildman–Crippen LogP) is 2.61. The number of carboxylic acids is 1. The molecule has 0 fully saturated rings. The number of amides is 1. The van der Waals surface area contributed by atoms with Gasteiger partial charge in [0.2, 0.25) is 0 Å². The molecule has 3 N–H and O–H groups in total. The lowest BCUT2D eigenvalue weighted by Gasteiger charge is -2.08. The van der Waals surface area contributed by atoms with Crippen LogP contribution >= 0.6 is 0 Å². The van der Waals surface area contributed by atoms with E-state index >= 15 is 0 Å². The minimum atomic E-state index is -1.35. The molecular weight excluding hydrogens is 308 g/mol. The smallest absolute Gasteiger partial charge is 0.417 e. The van der Waals surface area contributed by atoms with Gasteiger partial charge in [0.05, 0.1) is 4.92 Å². The molecule has 0 aliphatic carbocycles. The Balaban J connectivity index is 2.06. The molecule has 0 spiro atoms. The largest absolute Gasteiger partial charge is 0.507 e. The Bertz CT molecular complexity index is 771. The fourth-order valence-electron chi connectivity index (χ4n) is 1.67. The second kappa shape index (κ2) is 6.43. The minimum Gasteiger partial charge on any atom is -0.507 e. The van der Waals surface area contributed by atoms with Gasteiger partial charge in [0.15, 0.2) is 0 Å². The molecule has 9 nitrogen and oxygen atoms in total. The summed E-state index contributed by atoms with van der Waals surface area (Å²) in [6.45, 7) is 0. The Hall–Kier alpha value is -3.62. The maximum absolute atomic E-state index is 11.7. The molecule has 0 saturated carbocycles. The predicted molar refractivity (Wildman–Crippen MR) is 77.8 cm³/mol. The molecule has 0 unspecified atom stereocenters.